The van der Waals surface area contributed by atoms with Gasteiger partial charge in [0.05, 0.1) is 7.05 Å². The lowest BCUT2D eigenvalue weighted by atomic mass is 10.1. The van der Waals surface area contributed by atoms with Gasteiger partial charge in [-0.25, -0.2) is 0 Å². The molecular formula is C14H19F3N3O2+. The molecule has 0 heterocycles. The summed E-state index contributed by atoms with van der Waals surface area (Å²) in [7, 11) is 3.24. The van der Waals surface area contributed by atoms with Gasteiger partial charge in [-0.15, -0.1) is 0 Å². The van der Waals surface area contributed by atoms with E-state index < -0.39 is 18.6 Å². The topological polar surface area (TPSA) is 62.6 Å². The Morgan fingerprint density at radius 3 is 2.27 bits per heavy atom. The lowest BCUT2D eigenvalue weighted by molar-refractivity contribution is -0.885. The molecule has 1 unspecified atom stereocenters. The van der Waals surface area contributed by atoms with E-state index in [-0.39, 0.29) is 12.5 Å². The summed E-state index contributed by atoms with van der Waals surface area (Å²) < 4.78 is 35.9. The van der Waals surface area contributed by atoms with Gasteiger partial charge >= 0.3 is 6.18 Å². The van der Waals surface area contributed by atoms with Crippen molar-refractivity contribution in [2.45, 2.75) is 12.7 Å². The summed E-state index contributed by atoms with van der Waals surface area (Å²) in [4.78, 5) is 23.5. The number of halogens is 3. The van der Waals surface area contributed by atoms with Crippen LogP contribution in [-0.2, 0) is 11.3 Å². The maximum absolute atomic E-state index is 12.0. The highest BCUT2D eigenvalue weighted by Gasteiger charge is 2.28. The molecule has 0 spiro atoms. The fourth-order valence-corrected chi connectivity index (χ4v) is 1.86. The molecule has 1 aromatic rings. The van der Waals surface area contributed by atoms with Crippen molar-refractivity contribution < 1.29 is 27.7 Å². The minimum atomic E-state index is -4.40. The molecule has 8 heteroatoms. The molecule has 0 saturated carbocycles. The zero-order chi connectivity index (χ0) is 16.8. The van der Waals surface area contributed by atoms with Gasteiger partial charge in [-0.2, -0.15) is 13.2 Å². The summed E-state index contributed by atoms with van der Waals surface area (Å²) in [5, 5.41) is 4.34. The summed E-state index contributed by atoms with van der Waals surface area (Å²) in [6, 6.07) is 6.82. The largest absolute Gasteiger partial charge is 0.405 e. The molecule has 2 amide bonds. The molecule has 1 atom stereocenters. The molecule has 0 aliphatic heterocycles. The summed E-state index contributed by atoms with van der Waals surface area (Å²) in [6.07, 6.45) is -4.40. The van der Waals surface area contributed by atoms with Crippen LogP contribution < -0.4 is 15.5 Å². The molecular weight excluding hydrogens is 299 g/mol. The van der Waals surface area contributed by atoms with Crippen LogP contribution in [-0.4, -0.2) is 45.2 Å². The Bertz CT molecular complexity index is 515. The van der Waals surface area contributed by atoms with Crippen molar-refractivity contribution in [1.29, 1.82) is 0 Å². The predicted molar refractivity (Wildman–Crippen MR) is 74.4 cm³/mol. The Labute approximate surface area is 126 Å². The van der Waals surface area contributed by atoms with Crippen molar-refractivity contribution in [2.24, 2.45) is 0 Å². The minimum Gasteiger partial charge on any atom is -0.355 e. The SMILES string of the molecule is CNC(=O)c1ccc(C[NH+](C)CC(=O)NCC(F)(F)F)cc1. The van der Waals surface area contributed by atoms with Crippen LogP contribution in [0.25, 0.3) is 0 Å². The lowest BCUT2D eigenvalue weighted by Crippen LogP contribution is -3.08. The fraction of sp³-hybridized carbons (Fsp3) is 0.429. The van der Waals surface area contributed by atoms with Crippen LogP contribution in [0.1, 0.15) is 15.9 Å². The van der Waals surface area contributed by atoms with E-state index in [0.29, 0.717) is 12.1 Å². The molecule has 5 nitrogen and oxygen atoms in total. The maximum atomic E-state index is 12.0. The molecule has 3 N–H and O–H groups in total. The van der Waals surface area contributed by atoms with E-state index in [2.05, 4.69) is 5.32 Å². The van der Waals surface area contributed by atoms with E-state index in [9.17, 15) is 22.8 Å². The highest BCUT2D eigenvalue weighted by molar-refractivity contribution is 5.93. The standard InChI is InChI=1S/C14H18F3N3O2/c1-18-13(22)11-5-3-10(4-6-11)7-20(2)8-12(21)19-9-14(15,16)17/h3-6H,7-9H2,1-2H3,(H,18,22)(H,19,21)/p+1. The summed E-state index contributed by atoms with van der Waals surface area (Å²) in [5.74, 6) is -0.851. The molecule has 0 radical (unpaired) electrons. The normalized spacial score (nSPS) is 12.6. The van der Waals surface area contributed by atoms with Gasteiger partial charge in [0, 0.05) is 18.2 Å². The monoisotopic (exact) mass is 318 g/mol. The molecule has 1 rings (SSSR count). The number of benzene rings is 1. The van der Waals surface area contributed by atoms with Crippen LogP contribution in [0, 0.1) is 0 Å². The molecule has 0 fully saturated rings. The van der Waals surface area contributed by atoms with Crippen LogP contribution in [0.3, 0.4) is 0 Å². The molecule has 0 saturated heterocycles. The molecule has 122 valence electrons. The molecule has 1 aromatic carbocycles. The lowest BCUT2D eigenvalue weighted by Gasteiger charge is -2.14. The zero-order valence-corrected chi connectivity index (χ0v) is 12.4. The van der Waals surface area contributed by atoms with Gasteiger partial charge in [0.15, 0.2) is 6.54 Å². The van der Waals surface area contributed by atoms with Crippen LogP contribution in [0.15, 0.2) is 24.3 Å². The third-order valence-electron chi connectivity index (χ3n) is 2.90. The second kappa shape index (κ2) is 7.79. The van der Waals surface area contributed by atoms with Crippen molar-refractivity contribution >= 4 is 11.8 Å². The summed E-state index contributed by atoms with van der Waals surface area (Å²) in [6.45, 7) is -0.916. The Hall–Kier alpha value is -2.09. The number of likely N-dealkylation sites (N-methyl/N-ethyl adjacent to an activating group) is 1. The highest BCUT2D eigenvalue weighted by atomic mass is 19.4. The van der Waals surface area contributed by atoms with Gasteiger partial charge in [0.25, 0.3) is 11.8 Å². The van der Waals surface area contributed by atoms with Crippen LogP contribution in [0.2, 0.25) is 0 Å². The van der Waals surface area contributed by atoms with Gasteiger partial charge in [-0.3, -0.25) is 9.59 Å². The average Bonchev–Trinajstić information content (AvgIpc) is 2.44. The molecule has 0 aromatic heterocycles. The van der Waals surface area contributed by atoms with Crippen molar-refractivity contribution in [3.63, 3.8) is 0 Å². The first-order chi connectivity index (χ1) is 10.2. The van der Waals surface area contributed by atoms with Gasteiger partial charge < -0.3 is 15.5 Å². The molecule has 0 bridgehead atoms. The number of rotatable bonds is 6. The summed E-state index contributed by atoms with van der Waals surface area (Å²) >= 11 is 0. The first-order valence-corrected chi connectivity index (χ1v) is 6.67. The van der Waals surface area contributed by atoms with Gasteiger partial charge in [0.1, 0.15) is 13.1 Å². The van der Waals surface area contributed by atoms with Crippen molar-refractivity contribution in [2.75, 3.05) is 27.2 Å². The van der Waals surface area contributed by atoms with E-state index in [1.54, 1.807) is 31.3 Å². The van der Waals surface area contributed by atoms with E-state index >= 15 is 0 Å². The van der Waals surface area contributed by atoms with Crippen LogP contribution in [0.5, 0.6) is 0 Å². The number of nitrogens with one attached hydrogen (secondary N) is 3. The number of carbonyl (C=O) groups excluding carboxylic acids is 2. The van der Waals surface area contributed by atoms with Crippen LogP contribution >= 0.6 is 0 Å². The number of hydrogen-bond donors (Lipinski definition) is 3. The highest BCUT2D eigenvalue weighted by Crippen LogP contribution is 2.11. The van der Waals surface area contributed by atoms with Gasteiger partial charge in [-0.1, -0.05) is 12.1 Å². The maximum Gasteiger partial charge on any atom is 0.405 e. The van der Waals surface area contributed by atoms with Crippen molar-refractivity contribution in [3.05, 3.63) is 35.4 Å². The number of carbonyl (C=O) groups is 2. The van der Waals surface area contributed by atoms with Crippen molar-refractivity contribution in [1.82, 2.24) is 10.6 Å². The van der Waals surface area contributed by atoms with E-state index in [1.807, 2.05) is 5.32 Å². The summed E-state index contributed by atoms with van der Waals surface area (Å²) in [5.41, 5.74) is 1.40. The second-order valence-corrected chi connectivity index (χ2v) is 4.98. The molecule has 0 aliphatic carbocycles. The Kier molecular flexibility index (Phi) is 6.36. The molecule has 0 aliphatic rings. The predicted octanol–water partition coefficient (Wildman–Crippen LogP) is -0.261. The second-order valence-electron chi connectivity index (χ2n) is 4.98. The fourth-order valence-electron chi connectivity index (χ4n) is 1.86. The third-order valence-corrected chi connectivity index (χ3v) is 2.90. The Morgan fingerprint density at radius 1 is 1.18 bits per heavy atom. The first kappa shape index (κ1) is 18.0. The third kappa shape index (κ3) is 6.57. The average molecular weight is 318 g/mol. The van der Waals surface area contributed by atoms with E-state index in [0.717, 1.165) is 10.5 Å². The number of hydrogen-bond acceptors (Lipinski definition) is 2. The number of amides is 2. The minimum absolute atomic E-state index is 0.0622. The first-order valence-electron chi connectivity index (χ1n) is 6.67. The molecule has 22 heavy (non-hydrogen) atoms. The van der Waals surface area contributed by atoms with E-state index in [1.165, 1.54) is 7.05 Å². The Balaban J connectivity index is 2.46. The number of quaternary nitrogens is 1. The van der Waals surface area contributed by atoms with Gasteiger partial charge in [-0.05, 0) is 12.1 Å². The van der Waals surface area contributed by atoms with Gasteiger partial charge in [0.2, 0.25) is 0 Å². The Morgan fingerprint density at radius 2 is 1.77 bits per heavy atom. The van der Waals surface area contributed by atoms with E-state index in [4.69, 9.17) is 0 Å². The smallest absolute Gasteiger partial charge is 0.355 e. The quantitative estimate of drug-likeness (QED) is 0.677. The van der Waals surface area contributed by atoms with Crippen LogP contribution in [0.4, 0.5) is 13.2 Å². The number of alkyl halides is 3. The zero-order valence-electron chi connectivity index (χ0n) is 12.4. The van der Waals surface area contributed by atoms with Crippen molar-refractivity contribution in [3.8, 4) is 0 Å².